The zero-order valence-electron chi connectivity index (χ0n) is 11.3. The summed E-state index contributed by atoms with van der Waals surface area (Å²) in [6, 6.07) is 3.92. The lowest BCUT2D eigenvalue weighted by molar-refractivity contribution is -0.119. The lowest BCUT2D eigenvalue weighted by Crippen LogP contribution is -2.27. The molecule has 0 atom stereocenters. The van der Waals surface area contributed by atoms with Gasteiger partial charge in [-0.2, -0.15) is 0 Å². The molecule has 0 saturated carbocycles. The SMILES string of the molecule is C/C=C/COc1ccc(C)c2c1C(C)(C)C(=O)N2. The molecule has 1 aromatic rings. The first-order chi connectivity index (χ1) is 8.48. The predicted octanol–water partition coefficient (Wildman–Crippen LogP) is 3.18. The van der Waals surface area contributed by atoms with Crippen LogP contribution in [0.15, 0.2) is 24.3 Å². The first-order valence-corrected chi connectivity index (χ1v) is 6.18. The van der Waals surface area contributed by atoms with E-state index in [9.17, 15) is 4.79 Å². The van der Waals surface area contributed by atoms with E-state index < -0.39 is 5.41 Å². The first-order valence-electron chi connectivity index (χ1n) is 6.18. The standard InChI is InChI=1S/C15H19NO2/c1-5-6-9-18-11-8-7-10(2)13-12(11)15(3,4)14(17)16-13/h5-8H,9H2,1-4H3,(H,16,17)/b6-5+. The third-order valence-electron chi connectivity index (χ3n) is 3.38. The Bertz CT molecular complexity index is 515. The molecule has 2 rings (SSSR count). The molecule has 0 fully saturated rings. The van der Waals surface area contributed by atoms with Gasteiger partial charge in [-0.05, 0) is 39.3 Å². The average Bonchev–Trinajstić information content (AvgIpc) is 2.56. The highest BCUT2D eigenvalue weighted by Gasteiger charge is 2.41. The first kappa shape index (κ1) is 12.7. The smallest absolute Gasteiger partial charge is 0.234 e. The van der Waals surface area contributed by atoms with Crippen LogP contribution in [0.4, 0.5) is 5.69 Å². The number of benzene rings is 1. The van der Waals surface area contributed by atoms with Crippen LogP contribution in [0.25, 0.3) is 0 Å². The molecular weight excluding hydrogens is 226 g/mol. The van der Waals surface area contributed by atoms with Gasteiger partial charge in [0.05, 0.1) is 11.1 Å². The van der Waals surface area contributed by atoms with Crippen molar-refractivity contribution in [2.75, 3.05) is 11.9 Å². The summed E-state index contributed by atoms with van der Waals surface area (Å²) in [6.45, 7) is 8.33. The van der Waals surface area contributed by atoms with Crippen molar-refractivity contribution in [1.29, 1.82) is 0 Å². The molecule has 0 aromatic heterocycles. The minimum absolute atomic E-state index is 0.0303. The Morgan fingerprint density at radius 1 is 1.39 bits per heavy atom. The van der Waals surface area contributed by atoms with Crippen LogP contribution in [0.5, 0.6) is 5.75 Å². The molecule has 0 aliphatic carbocycles. The lowest BCUT2D eigenvalue weighted by Gasteiger charge is -2.19. The van der Waals surface area contributed by atoms with Crippen LogP contribution in [0.2, 0.25) is 0 Å². The highest BCUT2D eigenvalue weighted by Crippen LogP contribution is 2.44. The molecule has 0 saturated heterocycles. The minimum Gasteiger partial charge on any atom is -0.489 e. The van der Waals surface area contributed by atoms with Crippen molar-refractivity contribution in [3.63, 3.8) is 0 Å². The molecule has 0 unspecified atom stereocenters. The fraction of sp³-hybridized carbons (Fsp3) is 0.400. The van der Waals surface area contributed by atoms with E-state index in [0.29, 0.717) is 6.61 Å². The second-order valence-electron chi connectivity index (χ2n) is 5.09. The summed E-state index contributed by atoms with van der Waals surface area (Å²) in [7, 11) is 0. The number of hydrogen-bond acceptors (Lipinski definition) is 2. The van der Waals surface area contributed by atoms with E-state index in [-0.39, 0.29) is 5.91 Å². The van der Waals surface area contributed by atoms with Crippen molar-refractivity contribution >= 4 is 11.6 Å². The van der Waals surface area contributed by atoms with Crippen LogP contribution < -0.4 is 10.1 Å². The summed E-state index contributed by atoms with van der Waals surface area (Å²) in [5.41, 5.74) is 2.41. The van der Waals surface area contributed by atoms with E-state index in [1.54, 1.807) is 0 Å². The largest absolute Gasteiger partial charge is 0.489 e. The maximum atomic E-state index is 12.0. The summed E-state index contributed by atoms with van der Waals surface area (Å²) in [5, 5.41) is 2.95. The number of anilines is 1. The third-order valence-corrected chi connectivity index (χ3v) is 3.38. The predicted molar refractivity (Wildman–Crippen MR) is 73.1 cm³/mol. The molecule has 0 spiro atoms. The monoisotopic (exact) mass is 245 g/mol. The lowest BCUT2D eigenvalue weighted by atomic mass is 9.85. The maximum absolute atomic E-state index is 12.0. The number of amides is 1. The van der Waals surface area contributed by atoms with Crippen LogP contribution in [0.1, 0.15) is 31.9 Å². The third kappa shape index (κ3) is 1.90. The molecule has 3 heteroatoms. The van der Waals surface area contributed by atoms with E-state index in [1.807, 2.05) is 52.0 Å². The van der Waals surface area contributed by atoms with Crippen molar-refractivity contribution in [3.8, 4) is 5.75 Å². The van der Waals surface area contributed by atoms with E-state index in [4.69, 9.17) is 4.74 Å². The van der Waals surface area contributed by atoms with Crippen LogP contribution in [-0.4, -0.2) is 12.5 Å². The molecule has 96 valence electrons. The van der Waals surface area contributed by atoms with Crippen LogP contribution in [-0.2, 0) is 10.2 Å². The van der Waals surface area contributed by atoms with Crippen LogP contribution in [0, 0.1) is 6.92 Å². The Labute approximate surface area is 108 Å². The topological polar surface area (TPSA) is 38.3 Å². The second kappa shape index (κ2) is 4.48. The van der Waals surface area contributed by atoms with Gasteiger partial charge in [0, 0.05) is 5.56 Å². The van der Waals surface area contributed by atoms with Gasteiger partial charge in [0.1, 0.15) is 12.4 Å². The molecular formula is C15H19NO2. The maximum Gasteiger partial charge on any atom is 0.234 e. The fourth-order valence-electron chi connectivity index (χ4n) is 2.21. The van der Waals surface area contributed by atoms with Gasteiger partial charge in [0.2, 0.25) is 5.91 Å². The van der Waals surface area contributed by atoms with E-state index >= 15 is 0 Å². The quantitative estimate of drug-likeness (QED) is 0.831. The molecule has 1 N–H and O–H groups in total. The van der Waals surface area contributed by atoms with Gasteiger partial charge in [-0.1, -0.05) is 18.2 Å². The summed E-state index contributed by atoms with van der Waals surface area (Å²) in [5.74, 6) is 0.819. The Morgan fingerprint density at radius 3 is 2.78 bits per heavy atom. The van der Waals surface area contributed by atoms with Crippen LogP contribution in [0.3, 0.4) is 0 Å². The molecule has 0 bridgehead atoms. The number of carbonyl (C=O) groups is 1. The van der Waals surface area contributed by atoms with Gasteiger partial charge < -0.3 is 10.1 Å². The van der Waals surface area contributed by atoms with Gasteiger partial charge in [-0.15, -0.1) is 0 Å². The highest BCUT2D eigenvalue weighted by atomic mass is 16.5. The van der Waals surface area contributed by atoms with Crippen molar-refractivity contribution in [2.24, 2.45) is 0 Å². The highest BCUT2D eigenvalue weighted by molar-refractivity contribution is 6.07. The number of allylic oxidation sites excluding steroid dienone is 1. The van der Waals surface area contributed by atoms with E-state index in [1.165, 1.54) is 0 Å². The number of nitrogens with one attached hydrogen (secondary N) is 1. The Balaban J connectivity index is 2.46. The zero-order chi connectivity index (χ0) is 13.3. The Morgan fingerprint density at radius 2 is 2.11 bits per heavy atom. The number of ether oxygens (including phenoxy) is 1. The van der Waals surface area contributed by atoms with Gasteiger partial charge >= 0.3 is 0 Å². The molecule has 1 amide bonds. The number of aryl methyl sites for hydroxylation is 1. The number of hydrogen-bond donors (Lipinski definition) is 1. The van der Waals surface area contributed by atoms with Crippen molar-refractivity contribution in [1.82, 2.24) is 0 Å². The summed E-state index contributed by atoms with van der Waals surface area (Å²) >= 11 is 0. The molecule has 1 aliphatic heterocycles. The van der Waals surface area contributed by atoms with Gasteiger partial charge in [-0.3, -0.25) is 4.79 Å². The zero-order valence-corrected chi connectivity index (χ0v) is 11.3. The summed E-state index contributed by atoms with van der Waals surface area (Å²) < 4.78 is 5.75. The average molecular weight is 245 g/mol. The van der Waals surface area contributed by atoms with Crippen molar-refractivity contribution in [3.05, 3.63) is 35.4 Å². The normalized spacial score (nSPS) is 16.8. The molecule has 18 heavy (non-hydrogen) atoms. The van der Waals surface area contributed by atoms with Crippen molar-refractivity contribution < 1.29 is 9.53 Å². The molecule has 1 aliphatic rings. The molecule has 1 heterocycles. The van der Waals surface area contributed by atoms with Gasteiger partial charge in [0.15, 0.2) is 0 Å². The van der Waals surface area contributed by atoms with Gasteiger partial charge in [-0.25, -0.2) is 0 Å². The summed E-state index contributed by atoms with van der Waals surface area (Å²) in [4.78, 5) is 12.0. The minimum atomic E-state index is -0.535. The summed E-state index contributed by atoms with van der Waals surface area (Å²) in [6.07, 6.45) is 3.90. The number of carbonyl (C=O) groups excluding carboxylic acids is 1. The van der Waals surface area contributed by atoms with E-state index in [0.717, 1.165) is 22.6 Å². The number of rotatable bonds is 3. The van der Waals surface area contributed by atoms with Crippen molar-refractivity contribution in [2.45, 2.75) is 33.1 Å². The van der Waals surface area contributed by atoms with Gasteiger partial charge in [0.25, 0.3) is 0 Å². The molecule has 0 radical (unpaired) electrons. The molecule has 1 aromatic carbocycles. The molecule has 3 nitrogen and oxygen atoms in total. The number of fused-ring (bicyclic) bond motifs is 1. The fourth-order valence-corrected chi connectivity index (χ4v) is 2.21. The Kier molecular flexibility index (Phi) is 3.16. The van der Waals surface area contributed by atoms with Crippen LogP contribution >= 0.6 is 0 Å². The second-order valence-corrected chi connectivity index (χ2v) is 5.09. The Hall–Kier alpha value is -1.77. The van der Waals surface area contributed by atoms with E-state index in [2.05, 4.69) is 5.32 Å².